The second kappa shape index (κ2) is 2.01. The lowest BCUT2D eigenvalue weighted by molar-refractivity contribution is -0.174. The lowest BCUT2D eigenvalue weighted by Crippen LogP contribution is -2.28. The molecule has 0 bridgehead atoms. The van der Waals surface area contributed by atoms with Crippen molar-refractivity contribution in [2.75, 3.05) is 0 Å². The molecular formula is C4H5NO5. The Kier molecular flexibility index (Phi) is 1.43. The summed E-state index contributed by atoms with van der Waals surface area (Å²) in [6, 6.07) is 0. The molecule has 1 saturated heterocycles. The molecule has 3 N–H and O–H groups in total. The summed E-state index contributed by atoms with van der Waals surface area (Å²) in [4.78, 5) is 20.7. The van der Waals surface area contributed by atoms with E-state index in [9.17, 15) is 9.59 Å². The van der Waals surface area contributed by atoms with Crippen LogP contribution in [0.15, 0.2) is 0 Å². The van der Waals surface area contributed by atoms with Gasteiger partial charge in [0.25, 0.3) is 11.8 Å². The zero-order valence-electron chi connectivity index (χ0n) is 4.76. The molecule has 0 saturated carbocycles. The largest absolute Gasteiger partial charge is 0.380 e. The third kappa shape index (κ3) is 0.703. The van der Waals surface area contributed by atoms with Crippen molar-refractivity contribution in [1.29, 1.82) is 0 Å². The highest BCUT2D eigenvalue weighted by Crippen LogP contribution is 2.10. The van der Waals surface area contributed by atoms with Gasteiger partial charge in [0.15, 0.2) is 12.2 Å². The van der Waals surface area contributed by atoms with E-state index >= 15 is 0 Å². The third-order valence-electron chi connectivity index (χ3n) is 1.22. The first-order valence-electron chi connectivity index (χ1n) is 2.48. The summed E-state index contributed by atoms with van der Waals surface area (Å²) in [5.74, 6) is -2.39. The molecule has 6 nitrogen and oxygen atoms in total. The van der Waals surface area contributed by atoms with Gasteiger partial charge in [0.2, 0.25) is 0 Å². The minimum Gasteiger partial charge on any atom is -0.380 e. The standard InChI is InChI=1S/C4H5NO5/c6-1-2(7)4(9)5(10)3(1)8/h1-2,6-7,10H/t1-,2?/m1/s1. The average Bonchev–Trinajstić information content (AvgIpc) is 2.07. The van der Waals surface area contributed by atoms with E-state index in [1.165, 1.54) is 0 Å². The van der Waals surface area contributed by atoms with E-state index in [0.29, 0.717) is 0 Å². The Bertz CT molecular complexity index is 170. The van der Waals surface area contributed by atoms with Gasteiger partial charge in [-0.2, -0.15) is 5.06 Å². The van der Waals surface area contributed by atoms with Crippen molar-refractivity contribution in [2.45, 2.75) is 12.2 Å². The number of carbonyl (C=O) groups is 2. The first-order valence-corrected chi connectivity index (χ1v) is 2.48. The van der Waals surface area contributed by atoms with Gasteiger partial charge in [-0.1, -0.05) is 0 Å². The van der Waals surface area contributed by atoms with Crippen molar-refractivity contribution >= 4 is 11.8 Å². The number of nitrogens with zero attached hydrogens (tertiary/aromatic N) is 1. The summed E-state index contributed by atoms with van der Waals surface area (Å²) in [6.45, 7) is 0. The van der Waals surface area contributed by atoms with Crippen molar-refractivity contribution in [3.8, 4) is 0 Å². The van der Waals surface area contributed by atoms with Crippen LogP contribution in [-0.4, -0.2) is 44.5 Å². The van der Waals surface area contributed by atoms with Gasteiger partial charge in [0, 0.05) is 0 Å². The lowest BCUT2D eigenvalue weighted by Gasteiger charge is -1.99. The fourth-order valence-electron chi connectivity index (χ4n) is 0.629. The van der Waals surface area contributed by atoms with E-state index in [1.807, 2.05) is 0 Å². The topological polar surface area (TPSA) is 98.1 Å². The van der Waals surface area contributed by atoms with Crippen molar-refractivity contribution in [1.82, 2.24) is 5.06 Å². The van der Waals surface area contributed by atoms with E-state index in [4.69, 9.17) is 15.4 Å². The van der Waals surface area contributed by atoms with Crippen molar-refractivity contribution < 1.29 is 25.0 Å². The predicted molar refractivity (Wildman–Crippen MR) is 25.7 cm³/mol. The van der Waals surface area contributed by atoms with Crippen LogP contribution in [0.4, 0.5) is 0 Å². The number of amides is 2. The number of aliphatic hydroxyl groups excluding tert-OH is 2. The lowest BCUT2D eigenvalue weighted by atomic mass is 10.2. The monoisotopic (exact) mass is 147 g/mol. The van der Waals surface area contributed by atoms with E-state index in [1.54, 1.807) is 0 Å². The maximum atomic E-state index is 10.4. The van der Waals surface area contributed by atoms with Gasteiger partial charge in [0.05, 0.1) is 0 Å². The number of hydrogen-bond acceptors (Lipinski definition) is 5. The number of aliphatic hydroxyl groups is 2. The van der Waals surface area contributed by atoms with E-state index in [2.05, 4.69) is 0 Å². The summed E-state index contributed by atoms with van der Waals surface area (Å²) in [5.41, 5.74) is 0. The zero-order valence-corrected chi connectivity index (χ0v) is 4.76. The molecule has 0 spiro atoms. The molecule has 1 aliphatic rings. The quantitative estimate of drug-likeness (QED) is 0.259. The van der Waals surface area contributed by atoms with Crippen LogP contribution in [0.2, 0.25) is 0 Å². The second-order valence-electron chi connectivity index (χ2n) is 1.88. The molecular weight excluding hydrogens is 142 g/mol. The predicted octanol–water partition coefficient (Wildman–Crippen LogP) is -2.53. The fourth-order valence-corrected chi connectivity index (χ4v) is 0.629. The summed E-state index contributed by atoms with van der Waals surface area (Å²) < 4.78 is 0. The molecule has 1 aliphatic heterocycles. The molecule has 0 aromatic carbocycles. The van der Waals surface area contributed by atoms with Crippen LogP contribution in [0, 0.1) is 0 Å². The Labute approximate surface area is 55.2 Å². The number of imide groups is 1. The van der Waals surface area contributed by atoms with E-state index < -0.39 is 24.0 Å². The first kappa shape index (κ1) is 7.13. The molecule has 1 fully saturated rings. The molecule has 0 aromatic rings. The van der Waals surface area contributed by atoms with Crippen molar-refractivity contribution in [3.63, 3.8) is 0 Å². The zero-order chi connectivity index (χ0) is 7.89. The van der Waals surface area contributed by atoms with Crippen molar-refractivity contribution in [2.24, 2.45) is 0 Å². The van der Waals surface area contributed by atoms with Crippen molar-refractivity contribution in [3.05, 3.63) is 0 Å². The van der Waals surface area contributed by atoms with Crippen LogP contribution in [0.25, 0.3) is 0 Å². The molecule has 0 radical (unpaired) electrons. The molecule has 1 heterocycles. The van der Waals surface area contributed by atoms with Crippen LogP contribution in [0.1, 0.15) is 0 Å². The van der Waals surface area contributed by atoms with Gasteiger partial charge >= 0.3 is 0 Å². The Morgan fingerprint density at radius 3 is 1.50 bits per heavy atom. The first-order chi connectivity index (χ1) is 4.55. The molecule has 1 rings (SSSR count). The van der Waals surface area contributed by atoms with Crippen LogP contribution in [0.3, 0.4) is 0 Å². The molecule has 2 amide bonds. The van der Waals surface area contributed by atoms with Crippen LogP contribution < -0.4 is 0 Å². The summed E-state index contributed by atoms with van der Waals surface area (Å²) >= 11 is 0. The van der Waals surface area contributed by atoms with Gasteiger partial charge in [-0.05, 0) is 0 Å². The van der Waals surface area contributed by atoms with Gasteiger partial charge in [-0.3, -0.25) is 14.8 Å². The molecule has 2 atom stereocenters. The number of hydroxylamine groups is 2. The smallest absolute Gasteiger partial charge is 0.285 e. The Hall–Kier alpha value is -0.980. The number of rotatable bonds is 0. The average molecular weight is 147 g/mol. The highest BCUT2D eigenvalue weighted by molar-refractivity contribution is 6.06. The Morgan fingerprint density at radius 1 is 1.10 bits per heavy atom. The highest BCUT2D eigenvalue weighted by atomic mass is 16.5. The van der Waals surface area contributed by atoms with E-state index in [0.717, 1.165) is 0 Å². The molecule has 10 heavy (non-hydrogen) atoms. The second-order valence-corrected chi connectivity index (χ2v) is 1.88. The van der Waals surface area contributed by atoms with Crippen LogP contribution >= 0.6 is 0 Å². The third-order valence-corrected chi connectivity index (χ3v) is 1.22. The fraction of sp³-hybridized carbons (Fsp3) is 0.500. The SMILES string of the molecule is O=C1C(O)[C@@H](O)C(=O)N1O. The minimum atomic E-state index is -1.82. The normalized spacial score (nSPS) is 33.7. The minimum absolute atomic E-state index is 0.296. The molecule has 56 valence electrons. The molecule has 1 unspecified atom stereocenters. The Balaban J connectivity index is 2.89. The molecule has 0 aromatic heterocycles. The number of carbonyl (C=O) groups excluding carboxylic acids is 2. The van der Waals surface area contributed by atoms with Gasteiger partial charge in [0.1, 0.15) is 0 Å². The van der Waals surface area contributed by atoms with Gasteiger partial charge in [-0.15, -0.1) is 0 Å². The Morgan fingerprint density at radius 2 is 1.40 bits per heavy atom. The van der Waals surface area contributed by atoms with E-state index in [-0.39, 0.29) is 5.06 Å². The summed E-state index contributed by atoms with van der Waals surface area (Å²) in [6.07, 6.45) is -3.64. The van der Waals surface area contributed by atoms with Gasteiger partial charge < -0.3 is 10.2 Å². The summed E-state index contributed by atoms with van der Waals surface area (Å²) in [5, 5.41) is 25.3. The molecule has 0 aliphatic carbocycles. The maximum absolute atomic E-state index is 10.4. The molecule has 6 heteroatoms. The number of hydrogen-bond donors (Lipinski definition) is 3. The maximum Gasteiger partial charge on any atom is 0.285 e. The summed E-state index contributed by atoms with van der Waals surface area (Å²) in [7, 11) is 0. The highest BCUT2D eigenvalue weighted by Gasteiger charge is 2.45. The van der Waals surface area contributed by atoms with Crippen LogP contribution in [-0.2, 0) is 9.59 Å². The van der Waals surface area contributed by atoms with Crippen LogP contribution in [0.5, 0.6) is 0 Å². The van der Waals surface area contributed by atoms with Gasteiger partial charge in [-0.25, -0.2) is 0 Å².